The fourth-order valence-corrected chi connectivity index (χ4v) is 2.66. The van der Waals surface area contributed by atoms with E-state index in [9.17, 15) is 4.55 Å². The Morgan fingerprint density at radius 2 is 1.80 bits per heavy atom. The summed E-state index contributed by atoms with van der Waals surface area (Å²) in [5.41, 5.74) is 1.19. The lowest BCUT2D eigenvalue weighted by molar-refractivity contribution is 0.0730. The molecular weight excluding hydrogens is 210 g/mol. The van der Waals surface area contributed by atoms with Gasteiger partial charge in [-0.15, -0.1) is 4.31 Å². The first-order valence-corrected chi connectivity index (χ1v) is 6.19. The Morgan fingerprint density at radius 3 is 2.40 bits per heavy atom. The van der Waals surface area contributed by atoms with Crippen molar-refractivity contribution in [2.75, 3.05) is 26.3 Å². The van der Waals surface area contributed by atoms with Crippen LogP contribution in [0.15, 0.2) is 29.2 Å². The lowest BCUT2D eigenvalue weighted by Crippen LogP contribution is -2.40. The molecule has 0 aromatic heterocycles. The average molecular weight is 225 g/mol. The number of rotatable bonds is 2. The number of hydrogen-bond acceptors (Lipinski definition) is 3. The van der Waals surface area contributed by atoms with Gasteiger partial charge in [-0.3, -0.25) is 0 Å². The van der Waals surface area contributed by atoms with Gasteiger partial charge in [-0.05, 0) is 19.1 Å². The minimum atomic E-state index is -1.02. The molecule has 2 rings (SSSR count). The highest BCUT2D eigenvalue weighted by atomic mass is 32.2. The topological polar surface area (TPSA) is 35.5 Å². The number of hydrogen-bond donors (Lipinski definition) is 0. The fourth-order valence-electron chi connectivity index (χ4n) is 1.52. The van der Waals surface area contributed by atoms with Crippen LogP contribution in [0.4, 0.5) is 0 Å². The Balaban J connectivity index is 2.05. The summed E-state index contributed by atoms with van der Waals surface area (Å²) in [5.74, 6) is 0. The molecule has 1 atom stereocenters. The van der Waals surface area contributed by atoms with E-state index in [1.807, 2.05) is 35.5 Å². The zero-order valence-corrected chi connectivity index (χ0v) is 9.63. The van der Waals surface area contributed by atoms with E-state index in [-0.39, 0.29) is 0 Å². The molecular formula is C11H15NO2S. The normalized spacial score (nSPS) is 20.1. The summed E-state index contributed by atoms with van der Waals surface area (Å²) < 4.78 is 19.3. The Morgan fingerprint density at radius 1 is 1.20 bits per heavy atom. The van der Waals surface area contributed by atoms with E-state index in [1.54, 1.807) is 0 Å². The third kappa shape index (κ3) is 2.72. The van der Waals surface area contributed by atoms with Crippen molar-refractivity contribution in [3.05, 3.63) is 29.8 Å². The Bertz CT molecular complexity index is 309. The van der Waals surface area contributed by atoms with Crippen LogP contribution < -0.4 is 0 Å². The molecule has 4 heteroatoms. The number of morpholine rings is 1. The molecule has 1 unspecified atom stereocenters. The maximum atomic E-state index is 12.1. The standard InChI is InChI=1S/C11H15NO2S/c1-10-2-4-11(5-3-10)15(13)12-6-8-14-9-7-12/h2-5H,6-9H2,1H3. The summed E-state index contributed by atoms with van der Waals surface area (Å²) in [6.07, 6.45) is 0. The molecule has 0 spiro atoms. The van der Waals surface area contributed by atoms with E-state index in [0.29, 0.717) is 13.2 Å². The van der Waals surface area contributed by atoms with Crippen molar-refractivity contribution in [2.24, 2.45) is 0 Å². The van der Waals surface area contributed by atoms with E-state index >= 15 is 0 Å². The Kier molecular flexibility index (Phi) is 3.64. The van der Waals surface area contributed by atoms with Gasteiger partial charge in [0.2, 0.25) is 0 Å². The zero-order chi connectivity index (χ0) is 10.7. The van der Waals surface area contributed by atoms with Gasteiger partial charge in [0.15, 0.2) is 4.90 Å². The van der Waals surface area contributed by atoms with Crippen molar-refractivity contribution < 1.29 is 9.29 Å². The van der Waals surface area contributed by atoms with Crippen LogP contribution >= 0.6 is 0 Å². The maximum absolute atomic E-state index is 12.1. The van der Waals surface area contributed by atoms with Crippen LogP contribution in [0, 0.1) is 6.92 Å². The number of aryl methyl sites for hydroxylation is 1. The van der Waals surface area contributed by atoms with Gasteiger partial charge in [0.1, 0.15) is 0 Å². The van der Waals surface area contributed by atoms with Crippen LogP contribution in [0.3, 0.4) is 0 Å². The zero-order valence-electron chi connectivity index (χ0n) is 8.81. The highest BCUT2D eigenvalue weighted by Gasteiger charge is 2.24. The van der Waals surface area contributed by atoms with E-state index in [1.165, 1.54) is 5.56 Å². The molecule has 0 amide bonds. The van der Waals surface area contributed by atoms with Gasteiger partial charge < -0.3 is 9.29 Å². The summed E-state index contributed by atoms with van der Waals surface area (Å²) in [6.45, 7) is 4.89. The molecule has 0 radical (unpaired) electrons. The van der Waals surface area contributed by atoms with Crippen molar-refractivity contribution in [1.29, 1.82) is 0 Å². The molecule has 1 aromatic rings. The first kappa shape index (κ1) is 11.0. The molecule has 1 aliphatic heterocycles. The van der Waals surface area contributed by atoms with Crippen LogP contribution in [-0.4, -0.2) is 35.2 Å². The molecule has 1 heterocycles. The molecule has 15 heavy (non-hydrogen) atoms. The highest BCUT2D eigenvalue weighted by molar-refractivity contribution is 7.89. The molecule has 0 bridgehead atoms. The first-order valence-electron chi connectivity index (χ1n) is 5.08. The van der Waals surface area contributed by atoms with Crippen LogP contribution in [-0.2, 0) is 16.1 Å². The predicted octanol–water partition coefficient (Wildman–Crippen LogP) is 1.35. The highest BCUT2D eigenvalue weighted by Crippen LogP contribution is 2.17. The summed E-state index contributed by atoms with van der Waals surface area (Å²) in [4.78, 5) is 0.877. The second-order valence-corrected chi connectivity index (χ2v) is 5.09. The molecule has 1 aromatic carbocycles. The van der Waals surface area contributed by atoms with Crippen molar-refractivity contribution in [2.45, 2.75) is 11.8 Å². The largest absolute Gasteiger partial charge is 0.593 e. The molecule has 0 N–H and O–H groups in total. The first-order chi connectivity index (χ1) is 7.27. The van der Waals surface area contributed by atoms with E-state index in [0.717, 1.165) is 18.0 Å². The third-order valence-electron chi connectivity index (χ3n) is 2.43. The average Bonchev–Trinajstić information content (AvgIpc) is 2.30. The van der Waals surface area contributed by atoms with Gasteiger partial charge in [-0.25, -0.2) is 0 Å². The second-order valence-electron chi connectivity index (χ2n) is 3.60. The van der Waals surface area contributed by atoms with Gasteiger partial charge in [-0.1, -0.05) is 17.7 Å². The summed E-state index contributed by atoms with van der Waals surface area (Å²) in [7, 11) is 0. The van der Waals surface area contributed by atoms with Gasteiger partial charge in [0.05, 0.1) is 37.7 Å². The van der Waals surface area contributed by atoms with E-state index < -0.39 is 11.4 Å². The molecule has 0 aliphatic carbocycles. The predicted molar refractivity (Wildman–Crippen MR) is 60.0 cm³/mol. The fraction of sp³-hybridized carbons (Fsp3) is 0.455. The quantitative estimate of drug-likeness (QED) is 0.713. The molecule has 3 nitrogen and oxygen atoms in total. The van der Waals surface area contributed by atoms with Gasteiger partial charge >= 0.3 is 0 Å². The lowest BCUT2D eigenvalue weighted by Gasteiger charge is -2.27. The van der Waals surface area contributed by atoms with Gasteiger partial charge in [0.25, 0.3) is 0 Å². The molecule has 1 fully saturated rings. The second kappa shape index (κ2) is 4.99. The van der Waals surface area contributed by atoms with Gasteiger partial charge in [0, 0.05) is 0 Å². The lowest BCUT2D eigenvalue weighted by atomic mass is 10.2. The van der Waals surface area contributed by atoms with E-state index in [4.69, 9.17) is 4.74 Å². The minimum absolute atomic E-state index is 0.678. The van der Waals surface area contributed by atoms with Crippen LogP contribution in [0.2, 0.25) is 0 Å². The van der Waals surface area contributed by atoms with Crippen LogP contribution in [0.25, 0.3) is 0 Å². The smallest absolute Gasteiger partial charge is 0.174 e. The summed E-state index contributed by atoms with van der Waals surface area (Å²) >= 11 is -1.02. The van der Waals surface area contributed by atoms with Gasteiger partial charge in [-0.2, -0.15) is 0 Å². The molecule has 1 aliphatic rings. The van der Waals surface area contributed by atoms with Crippen molar-refractivity contribution in [1.82, 2.24) is 4.31 Å². The van der Waals surface area contributed by atoms with Crippen molar-refractivity contribution in [3.8, 4) is 0 Å². The van der Waals surface area contributed by atoms with E-state index in [2.05, 4.69) is 0 Å². The maximum Gasteiger partial charge on any atom is 0.174 e. The third-order valence-corrected chi connectivity index (χ3v) is 3.94. The Hall–Kier alpha value is -0.550. The molecule has 1 saturated heterocycles. The number of ether oxygens (including phenoxy) is 1. The number of benzene rings is 1. The Labute approximate surface area is 93.4 Å². The molecule has 0 saturated carbocycles. The summed E-state index contributed by atoms with van der Waals surface area (Å²) in [6, 6.07) is 7.85. The molecule has 82 valence electrons. The van der Waals surface area contributed by atoms with Crippen LogP contribution in [0.5, 0.6) is 0 Å². The van der Waals surface area contributed by atoms with Crippen molar-refractivity contribution in [3.63, 3.8) is 0 Å². The minimum Gasteiger partial charge on any atom is -0.593 e. The number of nitrogens with zero attached hydrogens (tertiary/aromatic N) is 1. The van der Waals surface area contributed by atoms with Crippen LogP contribution in [0.1, 0.15) is 5.56 Å². The van der Waals surface area contributed by atoms with Crippen molar-refractivity contribution >= 4 is 11.4 Å². The summed E-state index contributed by atoms with van der Waals surface area (Å²) in [5, 5.41) is 0. The SMILES string of the molecule is Cc1ccc([S+]([O-])N2CCOCC2)cc1. The monoisotopic (exact) mass is 225 g/mol.